The maximum absolute atomic E-state index is 5.39. The van der Waals surface area contributed by atoms with Crippen LogP contribution < -0.4 is 15.6 Å². The van der Waals surface area contributed by atoms with Gasteiger partial charge in [-0.2, -0.15) is 5.10 Å². The predicted molar refractivity (Wildman–Crippen MR) is 110 cm³/mol. The molecule has 0 bridgehead atoms. The summed E-state index contributed by atoms with van der Waals surface area (Å²) in [5, 5.41) is 8.57. The number of nitrogens with one attached hydrogen (secondary N) is 3. The second-order valence-corrected chi connectivity index (χ2v) is 7.55. The van der Waals surface area contributed by atoms with Gasteiger partial charge in [-0.3, -0.25) is 5.43 Å². The second-order valence-electron chi connectivity index (χ2n) is 7.15. The second kappa shape index (κ2) is 10.6. The average molecular weight is 376 g/mol. The van der Waals surface area contributed by atoms with E-state index in [1.165, 1.54) is 37.1 Å². The van der Waals surface area contributed by atoms with Crippen LogP contribution in [0.4, 0.5) is 0 Å². The van der Waals surface area contributed by atoms with Gasteiger partial charge in [0.05, 0.1) is 19.8 Å². The minimum atomic E-state index is 0.421. The maximum Gasteiger partial charge on any atom is 0.186 e. The standard InChI is InChI=1S/C20H30N4OS/c26-20(21-11-6-12-24-13-15-25-16-14-24)23-22-19-10-5-4-9-18(19)17-7-2-1-3-8-17/h1-3,7-8,18H,4-6,9-16H2,(H2,21,23,26)/p+1/t18-/m1/s1. The molecule has 142 valence electrons. The SMILES string of the molecule is S=C(NCCC[NH+]1CCOCC1)NN=C1CCCC[C@@H]1c1ccccc1. The Labute approximate surface area is 162 Å². The number of nitrogens with zero attached hydrogens (tertiary/aromatic N) is 1. The molecule has 2 aliphatic rings. The van der Waals surface area contributed by atoms with Crippen LogP contribution >= 0.6 is 12.2 Å². The molecule has 2 fully saturated rings. The summed E-state index contributed by atoms with van der Waals surface area (Å²) in [5.74, 6) is 0.421. The van der Waals surface area contributed by atoms with Crippen molar-refractivity contribution in [3.8, 4) is 0 Å². The zero-order valence-corrected chi connectivity index (χ0v) is 16.3. The van der Waals surface area contributed by atoms with Crippen molar-refractivity contribution >= 4 is 23.0 Å². The topological polar surface area (TPSA) is 50.1 Å². The molecule has 1 saturated heterocycles. The molecule has 1 atom stereocenters. The van der Waals surface area contributed by atoms with Gasteiger partial charge in [0.15, 0.2) is 5.11 Å². The van der Waals surface area contributed by atoms with Gasteiger partial charge in [0, 0.05) is 24.6 Å². The first kappa shape index (κ1) is 19.3. The highest BCUT2D eigenvalue weighted by atomic mass is 32.1. The lowest BCUT2D eigenvalue weighted by atomic mass is 9.82. The third-order valence-corrected chi connectivity index (χ3v) is 5.51. The fourth-order valence-corrected chi connectivity index (χ4v) is 3.93. The number of hydrazone groups is 1. The Morgan fingerprint density at radius 1 is 1.19 bits per heavy atom. The van der Waals surface area contributed by atoms with E-state index in [4.69, 9.17) is 17.0 Å². The van der Waals surface area contributed by atoms with Gasteiger partial charge in [0.2, 0.25) is 0 Å². The van der Waals surface area contributed by atoms with E-state index in [-0.39, 0.29) is 0 Å². The highest BCUT2D eigenvalue weighted by Gasteiger charge is 2.22. The summed E-state index contributed by atoms with van der Waals surface area (Å²) < 4.78 is 5.39. The summed E-state index contributed by atoms with van der Waals surface area (Å²) >= 11 is 5.39. The first-order valence-corrected chi connectivity index (χ1v) is 10.3. The summed E-state index contributed by atoms with van der Waals surface area (Å²) in [4.78, 5) is 1.63. The summed E-state index contributed by atoms with van der Waals surface area (Å²) in [6, 6.07) is 10.7. The predicted octanol–water partition coefficient (Wildman–Crippen LogP) is 1.47. The fraction of sp³-hybridized carbons (Fsp3) is 0.600. The van der Waals surface area contributed by atoms with E-state index in [1.54, 1.807) is 4.90 Å². The summed E-state index contributed by atoms with van der Waals surface area (Å²) in [6.45, 7) is 6.09. The minimum absolute atomic E-state index is 0.421. The number of quaternary nitrogens is 1. The highest BCUT2D eigenvalue weighted by Crippen LogP contribution is 2.30. The van der Waals surface area contributed by atoms with Crippen molar-refractivity contribution in [1.82, 2.24) is 10.7 Å². The van der Waals surface area contributed by atoms with E-state index in [0.29, 0.717) is 11.0 Å². The van der Waals surface area contributed by atoms with E-state index >= 15 is 0 Å². The lowest BCUT2D eigenvalue weighted by Crippen LogP contribution is -3.14. The van der Waals surface area contributed by atoms with Gasteiger partial charge in [-0.15, -0.1) is 0 Å². The number of ether oxygens (including phenoxy) is 1. The van der Waals surface area contributed by atoms with E-state index in [2.05, 4.69) is 46.2 Å². The van der Waals surface area contributed by atoms with Crippen LogP contribution in [0.2, 0.25) is 0 Å². The Hall–Kier alpha value is -1.50. The van der Waals surface area contributed by atoms with Crippen LogP contribution in [0.15, 0.2) is 35.4 Å². The van der Waals surface area contributed by atoms with Crippen LogP contribution in [0, 0.1) is 0 Å². The lowest BCUT2D eigenvalue weighted by Gasteiger charge is -2.25. The molecule has 1 saturated carbocycles. The van der Waals surface area contributed by atoms with Crippen molar-refractivity contribution in [2.45, 2.75) is 38.0 Å². The Balaban J connectivity index is 1.41. The quantitative estimate of drug-likeness (QED) is 0.400. The van der Waals surface area contributed by atoms with Crippen molar-refractivity contribution in [2.24, 2.45) is 5.10 Å². The normalized spacial score (nSPS) is 22.9. The molecule has 1 aliphatic heterocycles. The Morgan fingerprint density at radius 3 is 2.81 bits per heavy atom. The van der Waals surface area contributed by atoms with Gasteiger partial charge in [-0.1, -0.05) is 36.8 Å². The lowest BCUT2D eigenvalue weighted by molar-refractivity contribution is -0.908. The number of rotatable bonds is 6. The van der Waals surface area contributed by atoms with E-state index in [1.807, 2.05) is 0 Å². The molecule has 5 nitrogen and oxygen atoms in total. The van der Waals surface area contributed by atoms with Crippen LogP contribution in [0.1, 0.15) is 43.6 Å². The molecule has 26 heavy (non-hydrogen) atoms. The molecule has 1 aromatic carbocycles. The Kier molecular flexibility index (Phi) is 7.86. The third-order valence-electron chi connectivity index (χ3n) is 5.27. The van der Waals surface area contributed by atoms with Crippen LogP contribution in [-0.2, 0) is 4.74 Å². The summed E-state index contributed by atoms with van der Waals surface area (Å²) in [7, 11) is 0. The summed E-state index contributed by atoms with van der Waals surface area (Å²) in [6.07, 6.45) is 5.82. The van der Waals surface area contributed by atoms with Crippen molar-refractivity contribution < 1.29 is 9.64 Å². The molecule has 0 unspecified atom stereocenters. The van der Waals surface area contributed by atoms with Crippen LogP contribution in [0.3, 0.4) is 0 Å². The van der Waals surface area contributed by atoms with Gasteiger partial charge >= 0.3 is 0 Å². The van der Waals surface area contributed by atoms with Gasteiger partial charge in [0.1, 0.15) is 13.1 Å². The molecule has 1 heterocycles. The van der Waals surface area contributed by atoms with Gasteiger partial charge in [-0.25, -0.2) is 0 Å². The molecule has 0 amide bonds. The van der Waals surface area contributed by atoms with Crippen LogP contribution in [0.25, 0.3) is 0 Å². The Bertz CT molecular complexity index is 587. The average Bonchev–Trinajstić information content (AvgIpc) is 2.71. The molecule has 1 aromatic rings. The largest absolute Gasteiger partial charge is 0.370 e. The Morgan fingerprint density at radius 2 is 2.00 bits per heavy atom. The molecule has 0 spiro atoms. The summed E-state index contributed by atoms with van der Waals surface area (Å²) in [5.41, 5.74) is 5.66. The first-order valence-electron chi connectivity index (χ1n) is 9.89. The molecule has 0 aromatic heterocycles. The molecular weight excluding hydrogens is 344 g/mol. The first-order chi connectivity index (χ1) is 12.8. The third kappa shape index (κ3) is 6.04. The maximum atomic E-state index is 5.39. The molecule has 3 N–H and O–H groups in total. The van der Waals surface area contributed by atoms with Crippen LogP contribution in [-0.4, -0.2) is 50.2 Å². The zero-order valence-electron chi connectivity index (χ0n) is 15.5. The molecular formula is C20H31N4OS+. The van der Waals surface area contributed by atoms with Crippen molar-refractivity contribution in [3.63, 3.8) is 0 Å². The number of hydrogen-bond donors (Lipinski definition) is 3. The molecule has 6 heteroatoms. The van der Waals surface area contributed by atoms with Gasteiger partial charge < -0.3 is 15.0 Å². The number of morpholine rings is 1. The van der Waals surface area contributed by atoms with Crippen LogP contribution in [0.5, 0.6) is 0 Å². The number of benzene rings is 1. The van der Waals surface area contributed by atoms with E-state index < -0.39 is 0 Å². The highest BCUT2D eigenvalue weighted by molar-refractivity contribution is 7.80. The van der Waals surface area contributed by atoms with Crippen molar-refractivity contribution in [3.05, 3.63) is 35.9 Å². The smallest absolute Gasteiger partial charge is 0.186 e. The van der Waals surface area contributed by atoms with Crippen molar-refractivity contribution in [1.29, 1.82) is 0 Å². The van der Waals surface area contributed by atoms with Crippen molar-refractivity contribution in [2.75, 3.05) is 39.4 Å². The van der Waals surface area contributed by atoms with E-state index in [0.717, 1.165) is 45.7 Å². The molecule has 3 rings (SSSR count). The van der Waals surface area contributed by atoms with Gasteiger partial charge in [-0.05, 0) is 37.0 Å². The number of hydrogen-bond acceptors (Lipinski definition) is 3. The molecule has 1 aliphatic carbocycles. The molecule has 0 radical (unpaired) electrons. The van der Waals surface area contributed by atoms with E-state index in [9.17, 15) is 0 Å². The fourth-order valence-electron chi connectivity index (χ4n) is 3.79. The number of thiocarbonyl (C=S) groups is 1. The minimum Gasteiger partial charge on any atom is -0.370 e. The van der Waals surface area contributed by atoms with Gasteiger partial charge in [0.25, 0.3) is 0 Å². The zero-order chi connectivity index (χ0) is 18.0. The monoisotopic (exact) mass is 375 g/mol.